The predicted molar refractivity (Wildman–Crippen MR) is 84.3 cm³/mol. The second-order valence-electron chi connectivity index (χ2n) is 5.54. The summed E-state index contributed by atoms with van der Waals surface area (Å²) in [5.41, 5.74) is 5.55. The highest BCUT2D eigenvalue weighted by atomic mass is 32.2. The van der Waals surface area contributed by atoms with Gasteiger partial charge in [-0.15, -0.1) is 0 Å². The molecule has 1 aliphatic carbocycles. The van der Waals surface area contributed by atoms with Crippen molar-refractivity contribution in [1.29, 1.82) is 0 Å². The largest absolute Gasteiger partial charge is 0.329 e. The second kappa shape index (κ2) is 5.84. The highest BCUT2D eigenvalue weighted by molar-refractivity contribution is 7.89. The van der Waals surface area contributed by atoms with Gasteiger partial charge in [-0.2, -0.15) is 0 Å². The van der Waals surface area contributed by atoms with E-state index in [1.807, 2.05) is 0 Å². The Balaban J connectivity index is 2.09. The summed E-state index contributed by atoms with van der Waals surface area (Å²) >= 11 is 0. The third-order valence-corrected chi connectivity index (χ3v) is 5.47. The van der Waals surface area contributed by atoms with Crippen LogP contribution in [-0.2, 0) is 10.0 Å². The van der Waals surface area contributed by atoms with Crippen molar-refractivity contribution in [2.45, 2.75) is 23.8 Å². The number of nitrogens with zero attached hydrogens (tertiary/aromatic N) is 2. The van der Waals surface area contributed by atoms with E-state index in [-0.39, 0.29) is 40.0 Å². The number of aromatic nitrogens is 1. The fraction of sp³-hybridized carbons (Fsp3) is 0.357. The zero-order valence-electron chi connectivity index (χ0n) is 12.2. The summed E-state index contributed by atoms with van der Waals surface area (Å²) in [6, 6.07) is 5.10. The molecule has 0 spiro atoms. The van der Waals surface area contributed by atoms with Gasteiger partial charge < -0.3 is 5.73 Å². The summed E-state index contributed by atoms with van der Waals surface area (Å²) in [6.07, 6.45) is 3.31. The van der Waals surface area contributed by atoms with E-state index in [1.54, 1.807) is 0 Å². The molecule has 1 aliphatic rings. The van der Waals surface area contributed by atoms with Gasteiger partial charge in [0.25, 0.3) is 5.69 Å². The second-order valence-corrected chi connectivity index (χ2v) is 7.22. The highest BCUT2D eigenvalue weighted by Gasteiger charge is 2.34. The van der Waals surface area contributed by atoms with E-state index in [1.165, 1.54) is 30.5 Å². The molecule has 1 aromatic carbocycles. The van der Waals surface area contributed by atoms with Gasteiger partial charge in [-0.1, -0.05) is 0 Å². The molecule has 0 saturated heterocycles. The molecule has 1 unspecified atom stereocenters. The smallest absolute Gasteiger partial charge is 0.278 e. The summed E-state index contributed by atoms with van der Waals surface area (Å²) in [7, 11) is -3.86. The lowest BCUT2D eigenvalue weighted by Gasteiger charge is -2.16. The number of nitrogens with two attached hydrogens (primary N) is 1. The Labute approximate surface area is 132 Å². The van der Waals surface area contributed by atoms with E-state index in [0.717, 1.165) is 12.8 Å². The molecule has 1 fully saturated rings. The van der Waals surface area contributed by atoms with Gasteiger partial charge in [0.2, 0.25) is 10.0 Å². The van der Waals surface area contributed by atoms with E-state index < -0.39 is 14.9 Å². The van der Waals surface area contributed by atoms with Crippen LogP contribution in [0.1, 0.15) is 12.8 Å². The minimum Gasteiger partial charge on any atom is -0.329 e. The first kappa shape index (κ1) is 15.8. The fourth-order valence-corrected chi connectivity index (χ4v) is 4.08. The van der Waals surface area contributed by atoms with Gasteiger partial charge in [-0.3, -0.25) is 15.1 Å². The van der Waals surface area contributed by atoms with Crippen molar-refractivity contribution >= 4 is 26.6 Å². The lowest BCUT2D eigenvalue weighted by molar-refractivity contribution is -0.383. The summed E-state index contributed by atoms with van der Waals surface area (Å²) in [6.45, 7) is 0.211. The van der Waals surface area contributed by atoms with Gasteiger partial charge in [-0.05, 0) is 37.0 Å². The number of pyridine rings is 1. The normalized spacial score (nSPS) is 16.4. The van der Waals surface area contributed by atoms with Crippen molar-refractivity contribution in [3.63, 3.8) is 0 Å². The van der Waals surface area contributed by atoms with Gasteiger partial charge in [0.05, 0.1) is 15.8 Å². The number of fused-ring (bicyclic) bond motifs is 1. The maximum absolute atomic E-state index is 12.7. The molecule has 0 aliphatic heterocycles. The van der Waals surface area contributed by atoms with Crippen LogP contribution in [0.3, 0.4) is 0 Å². The van der Waals surface area contributed by atoms with Crippen molar-refractivity contribution in [3.8, 4) is 0 Å². The van der Waals surface area contributed by atoms with Crippen LogP contribution in [0.5, 0.6) is 0 Å². The SMILES string of the molecule is NCC(NS(=O)(=O)c1ccc([N+](=O)[O-])c2cccnc12)C1CC1. The molecule has 1 heterocycles. The molecule has 8 nitrogen and oxygen atoms in total. The quantitative estimate of drug-likeness (QED) is 0.601. The maximum Gasteiger partial charge on any atom is 0.278 e. The van der Waals surface area contributed by atoms with E-state index >= 15 is 0 Å². The summed E-state index contributed by atoms with van der Waals surface area (Å²) in [4.78, 5) is 14.5. The van der Waals surface area contributed by atoms with Gasteiger partial charge in [0.15, 0.2) is 0 Å². The van der Waals surface area contributed by atoms with E-state index in [9.17, 15) is 18.5 Å². The van der Waals surface area contributed by atoms with Crippen molar-refractivity contribution in [1.82, 2.24) is 9.71 Å². The van der Waals surface area contributed by atoms with Crippen molar-refractivity contribution < 1.29 is 13.3 Å². The van der Waals surface area contributed by atoms with Crippen LogP contribution in [-0.4, -0.2) is 30.9 Å². The number of rotatable bonds is 6. The number of hydrogen-bond acceptors (Lipinski definition) is 6. The van der Waals surface area contributed by atoms with E-state index in [2.05, 4.69) is 9.71 Å². The lowest BCUT2D eigenvalue weighted by atomic mass is 10.2. The molecular formula is C14H16N4O4S. The van der Waals surface area contributed by atoms with Gasteiger partial charge in [-0.25, -0.2) is 13.1 Å². The summed E-state index contributed by atoms with van der Waals surface area (Å²) in [5, 5.41) is 11.3. The molecule has 3 rings (SSSR count). The number of nitro benzene ring substituents is 1. The minimum absolute atomic E-state index is 0.0715. The molecule has 0 bridgehead atoms. The Morgan fingerprint density at radius 2 is 2.13 bits per heavy atom. The Hall–Kier alpha value is -2.10. The van der Waals surface area contributed by atoms with Crippen LogP contribution >= 0.6 is 0 Å². The first-order chi connectivity index (χ1) is 10.9. The molecule has 3 N–H and O–H groups in total. The first-order valence-electron chi connectivity index (χ1n) is 7.18. The lowest BCUT2D eigenvalue weighted by Crippen LogP contribution is -2.41. The molecule has 23 heavy (non-hydrogen) atoms. The Bertz CT molecular complexity index is 864. The number of non-ortho nitro benzene ring substituents is 1. The molecular weight excluding hydrogens is 320 g/mol. The van der Waals surface area contributed by atoms with Crippen LogP contribution < -0.4 is 10.5 Å². The average molecular weight is 336 g/mol. The molecule has 1 aromatic heterocycles. The minimum atomic E-state index is -3.86. The predicted octanol–water partition coefficient (Wildman–Crippen LogP) is 1.16. The number of nitrogens with one attached hydrogen (secondary N) is 1. The Morgan fingerprint density at radius 1 is 1.39 bits per heavy atom. The van der Waals surface area contributed by atoms with Crippen LogP contribution in [0.15, 0.2) is 35.4 Å². The third kappa shape index (κ3) is 3.03. The van der Waals surface area contributed by atoms with Gasteiger partial charge >= 0.3 is 0 Å². The zero-order chi connectivity index (χ0) is 16.6. The van der Waals surface area contributed by atoms with Crippen molar-refractivity contribution in [2.24, 2.45) is 11.7 Å². The summed E-state index contributed by atoms with van der Waals surface area (Å²) < 4.78 is 27.9. The molecule has 1 atom stereocenters. The fourth-order valence-electron chi connectivity index (χ4n) is 2.61. The van der Waals surface area contributed by atoms with Gasteiger partial charge in [0.1, 0.15) is 4.90 Å². The summed E-state index contributed by atoms with van der Waals surface area (Å²) in [5.74, 6) is 0.257. The molecule has 0 amide bonds. The van der Waals surface area contributed by atoms with E-state index in [0.29, 0.717) is 0 Å². The molecule has 1 saturated carbocycles. The zero-order valence-corrected chi connectivity index (χ0v) is 13.0. The standard InChI is InChI=1S/C14H16N4O4S/c15-8-11(9-3-4-9)17-23(21,22)13-6-5-12(18(19)20)10-2-1-7-16-14(10)13/h1-2,5-7,9,11,17H,3-4,8,15H2. The maximum atomic E-state index is 12.7. The average Bonchev–Trinajstić information content (AvgIpc) is 3.36. The Morgan fingerprint density at radius 3 is 2.74 bits per heavy atom. The monoisotopic (exact) mass is 336 g/mol. The molecule has 2 aromatic rings. The first-order valence-corrected chi connectivity index (χ1v) is 8.67. The number of sulfonamides is 1. The van der Waals surface area contributed by atoms with Crippen molar-refractivity contribution in [3.05, 3.63) is 40.6 Å². The van der Waals surface area contributed by atoms with Crippen LogP contribution in [0.2, 0.25) is 0 Å². The van der Waals surface area contributed by atoms with Crippen LogP contribution in [0, 0.1) is 16.0 Å². The van der Waals surface area contributed by atoms with Crippen LogP contribution in [0.4, 0.5) is 5.69 Å². The molecule has 122 valence electrons. The molecule has 9 heteroatoms. The van der Waals surface area contributed by atoms with Crippen LogP contribution in [0.25, 0.3) is 10.9 Å². The highest BCUT2D eigenvalue weighted by Crippen LogP contribution is 2.34. The van der Waals surface area contributed by atoms with E-state index in [4.69, 9.17) is 5.73 Å². The van der Waals surface area contributed by atoms with Crippen molar-refractivity contribution in [2.75, 3.05) is 6.54 Å². The third-order valence-electron chi connectivity index (χ3n) is 3.95. The number of hydrogen-bond donors (Lipinski definition) is 2. The Kier molecular flexibility index (Phi) is 4.00. The number of benzene rings is 1. The van der Waals surface area contributed by atoms with Gasteiger partial charge in [0, 0.05) is 24.8 Å². The molecule has 0 radical (unpaired) electrons. The number of nitro groups is 1. The topological polar surface area (TPSA) is 128 Å².